The van der Waals surface area contributed by atoms with E-state index in [1.165, 1.54) is 45.6 Å². The Hall–Kier alpha value is -3.10. The lowest BCUT2D eigenvalue weighted by atomic mass is 10.1. The molecule has 2 aromatic carbocycles. The Balaban J connectivity index is 2.11. The Morgan fingerprint density at radius 2 is 1.62 bits per heavy atom. The van der Waals surface area contributed by atoms with Crippen molar-refractivity contribution in [3.8, 4) is 23.0 Å². The molecule has 0 heterocycles. The maximum absolute atomic E-state index is 13.0. The number of halogens is 3. The number of ether oxygens (including phenoxy) is 4. The molecule has 1 atom stereocenters. The van der Waals surface area contributed by atoms with Gasteiger partial charge < -0.3 is 24.3 Å². The summed E-state index contributed by atoms with van der Waals surface area (Å²) in [5.74, 6) is 0.0272. The number of methoxy groups -OCH3 is 3. The number of hydrogen-bond acceptors (Lipinski definition) is 5. The highest BCUT2D eigenvalue weighted by atomic mass is 19.4. The molecule has 1 N–H and O–H groups in total. The molecule has 0 aliphatic heterocycles. The van der Waals surface area contributed by atoms with E-state index in [0.29, 0.717) is 5.75 Å². The van der Waals surface area contributed by atoms with E-state index >= 15 is 0 Å². The number of para-hydroxylation sites is 1. The van der Waals surface area contributed by atoms with E-state index in [1.54, 1.807) is 13.0 Å². The third-order valence-corrected chi connectivity index (χ3v) is 4.01. The first-order chi connectivity index (χ1) is 13.7. The van der Waals surface area contributed by atoms with Crippen molar-refractivity contribution in [2.45, 2.75) is 19.1 Å². The molecule has 29 heavy (non-hydrogen) atoms. The zero-order valence-electron chi connectivity index (χ0n) is 16.4. The second-order valence-electron chi connectivity index (χ2n) is 6.06. The number of hydrogen-bond donors (Lipinski definition) is 1. The summed E-state index contributed by atoms with van der Waals surface area (Å²) in [4.78, 5) is 12.6. The normalized spacial score (nSPS) is 12.1. The fourth-order valence-corrected chi connectivity index (χ4v) is 2.66. The van der Waals surface area contributed by atoms with Gasteiger partial charge >= 0.3 is 6.18 Å². The number of carbonyl (C=O) groups is 1. The predicted molar refractivity (Wildman–Crippen MR) is 100.0 cm³/mol. The molecular weight excluding hydrogens is 391 g/mol. The zero-order valence-corrected chi connectivity index (χ0v) is 16.4. The summed E-state index contributed by atoms with van der Waals surface area (Å²) < 4.78 is 60.1. The largest absolute Gasteiger partial charge is 0.493 e. The summed E-state index contributed by atoms with van der Waals surface area (Å²) in [6.07, 6.45) is -4.53. The summed E-state index contributed by atoms with van der Waals surface area (Å²) >= 11 is 0. The molecule has 158 valence electrons. The van der Waals surface area contributed by atoms with Crippen LogP contribution in [0.25, 0.3) is 0 Å². The van der Waals surface area contributed by atoms with E-state index in [4.69, 9.17) is 18.9 Å². The Morgan fingerprint density at radius 3 is 2.21 bits per heavy atom. The molecular formula is C20H22F3NO5. The molecule has 0 aliphatic carbocycles. The van der Waals surface area contributed by atoms with Crippen LogP contribution in [-0.2, 0) is 6.18 Å². The first-order valence-corrected chi connectivity index (χ1v) is 8.61. The topological polar surface area (TPSA) is 66.0 Å². The minimum atomic E-state index is -4.53. The van der Waals surface area contributed by atoms with Gasteiger partial charge in [-0.25, -0.2) is 0 Å². The molecule has 9 heteroatoms. The van der Waals surface area contributed by atoms with Crippen LogP contribution in [0.5, 0.6) is 23.0 Å². The van der Waals surface area contributed by atoms with E-state index in [2.05, 4.69) is 5.32 Å². The van der Waals surface area contributed by atoms with Crippen molar-refractivity contribution in [1.82, 2.24) is 5.32 Å². The van der Waals surface area contributed by atoms with E-state index < -0.39 is 23.7 Å². The lowest BCUT2D eigenvalue weighted by molar-refractivity contribution is -0.139. The van der Waals surface area contributed by atoms with Crippen LogP contribution in [0.4, 0.5) is 13.2 Å². The number of nitrogens with one attached hydrogen (secondary N) is 1. The van der Waals surface area contributed by atoms with Crippen molar-refractivity contribution < 1.29 is 36.9 Å². The maximum atomic E-state index is 13.0. The van der Waals surface area contributed by atoms with Crippen LogP contribution in [0.3, 0.4) is 0 Å². The van der Waals surface area contributed by atoms with Crippen LogP contribution in [0, 0.1) is 0 Å². The maximum Gasteiger partial charge on any atom is 0.419 e. The number of benzene rings is 2. The number of amides is 1. The van der Waals surface area contributed by atoms with E-state index in [0.717, 1.165) is 6.07 Å². The second kappa shape index (κ2) is 9.40. The van der Waals surface area contributed by atoms with Gasteiger partial charge in [0.2, 0.25) is 5.75 Å². The summed E-state index contributed by atoms with van der Waals surface area (Å²) in [5, 5.41) is 2.67. The molecule has 2 aromatic rings. The van der Waals surface area contributed by atoms with Crippen LogP contribution >= 0.6 is 0 Å². The van der Waals surface area contributed by atoms with Gasteiger partial charge in [0.15, 0.2) is 11.5 Å². The molecule has 0 bridgehead atoms. The van der Waals surface area contributed by atoms with Gasteiger partial charge in [-0.1, -0.05) is 12.1 Å². The number of carbonyl (C=O) groups excluding carboxylic acids is 1. The third kappa shape index (κ3) is 5.24. The van der Waals surface area contributed by atoms with Crippen molar-refractivity contribution in [3.63, 3.8) is 0 Å². The standard InChI is InChI=1S/C20H22F3NO5/c1-12(11-29-15-8-6-5-7-14(15)20(21,22)23)24-19(25)13-9-10-16(26-2)18(28-4)17(13)27-3/h5-10,12H,11H2,1-4H3,(H,24,25). The fraction of sp³-hybridized carbons (Fsp3) is 0.350. The molecule has 0 fully saturated rings. The van der Waals surface area contributed by atoms with Crippen LogP contribution < -0.4 is 24.3 Å². The lowest BCUT2D eigenvalue weighted by Crippen LogP contribution is -2.37. The fourth-order valence-electron chi connectivity index (χ4n) is 2.66. The Morgan fingerprint density at radius 1 is 0.966 bits per heavy atom. The SMILES string of the molecule is COc1ccc(C(=O)NC(C)COc2ccccc2C(F)(F)F)c(OC)c1OC. The average Bonchev–Trinajstić information content (AvgIpc) is 2.70. The van der Waals surface area contributed by atoms with Crippen molar-refractivity contribution >= 4 is 5.91 Å². The summed E-state index contributed by atoms with van der Waals surface area (Å²) in [7, 11) is 4.25. The third-order valence-electron chi connectivity index (χ3n) is 4.01. The molecule has 2 rings (SSSR count). The monoisotopic (exact) mass is 413 g/mol. The first kappa shape index (κ1) is 22.2. The number of rotatable bonds is 8. The van der Waals surface area contributed by atoms with E-state index in [1.807, 2.05) is 0 Å². The smallest absolute Gasteiger partial charge is 0.419 e. The second-order valence-corrected chi connectivity index (χ2v) is 6.06. The van der Waals surface area contributed by atoms with E-state index in [9.17, 15) is 18.0 Å². The van der Waals surface area contributed by atoms with Gasteiger partial charge in [-0.3, -0.25) is 4.79 Å². The summed E-state index contributed by atoms with van der Waals surface area (Å²) in [5.41, 5.74) is -0.687. The van der Waals surface area contributed by atoms with Gasteiger partial charge in [0.05, 0.1) is 38.5 Å². The van der Waals surface area contributed by atoms with Crippen molar-refractivity contribution in [2.24, 2.45) is 0 Å². The van der Waals surface area contributed by atoms with Gasteiger partial charge in [0.25, 0.3) is 5.91 Å². The van der Waals surface area contributed by atoms with Gasteiger partial charge in [-0.05, 0) is 31.2 Å². The van der Waals surface area contributed by atoms with Gasteiger partial charge in [0, 0.05) is 0 Å². The summed E-state index contributed by atoms with van der Waals surface area (Å²) in [6, 6.07) is 7.37. The highest BCUT2D eigenvalue weighted by Gasteiger charge is 2.34. The van der Waals surface area contributed by atoms with Crippen LogP contribution in [0.15, 0.2) is 36.4 Å². The molecule has 0 aliphatic rings. The zero-order chi connectivity index (χ0) is 21.6. The van der Waals surface area contributed by atoms with Crippen LogP contribution in [-0.4, -0.2) is 39.9 Å². The molecule has 0 saturated heterocycles. The van der Waals surface area contributed by atoms with Gasteiger partial charge in [-0.15, -0.1) is 0 Å². The minimum absolute atomic E-state index is 0.158. The molecule has 1 unspecified atom stereocenters. The molecule has 0 radical (unpaired) electrons. The van der Waals surface area contributed by atoms with E-state index in [-0.39, 0.29) is 29.4 Å². The molecule has 6 nitrogen and oxygen atoms in total. The summed E-state index contributed by atoms with van der Waals surface area (Å²) in [6.45, 7) is 1.45. The average molecular weight is 413 g/mol. The Bertz CT molecular complexity index is 854. The minimum Gasteiger partial charge on any atom is -0.493 e. The quantitative estimate of drug-likeness (QED) is 0.711. The molecule has 0 spiro atoms. The molecule has 1 amide bonds. The van der Waals surface area contributed by atoms with Gasteiger partial charge in [0.1, 0.15) is 12.4 Å². The molecule has 0 saturated carbocycles. The van der Waals surface area contributed by atoms with Crippen LogP contribution in [0.1, 0.15) is 22.8 Å². The predicted octanol–water partition coefficient (Wildman–Crippen LogP) is 3.93. The van der Waals surface area contributed by atoms with Crippen molar-refractivity contribution in [3.05, 3.63) is 47.5 Å². The Kier molecular flexibility index (Phi) is 7.19. The first-order valence-electron chi connectivity index (χ1n) is 8.61. The highest BCUT2D eigenvalue weighted by Crippen LogP contribution is 2.39. The van der Waals surface area contributed by atoms with Crippen molar-refractivity contribution in [2.75, 3.05) is 27.9 Å². The van der Waals surface area contributed by atoms with Gasteiger partial charge in [-0.2, -0.15) is 13.2 Å². The number of alkyl halides is 3. The van der Waals surface area contributed by atoms with Crippen LogP contribution in [0.2, 0.25) is 0 Å². The highest BCUT2D eigenvalue weighted by molar-refractivity contribution is 5.98. The molecule has 0 aromatic heterocycles. The van der Waals surface area contributed by atoms with Crippen molar-refractivity contribution in [1.29, 1.82) is 0 Å². The lowest BCUT2D eigenvalue weighted by Gasteiger charge is -2.19. The Labute approximate surface area is 166 Å².